The number of nitrogens with zero attached hydrogens (tertiary/aromatic N) is 3. The molecule has 5 heteroatoms. The molecule has 0 bridgehead atoms. The van der Waals surface area contributed by atoms with Crippen LogP contribution in [-0.2, 0) is 26.5 Å². The van der Waals surface area contributed by atoms with Gasteiger partial charge in [-0.15, -0.1) is 29.3 Å². The van der Waals surface area contributed by atoms with Crippen LogP contribution in [0.3, 0.4) is 0 Å². The van der Waals surface area contributed by atoms with Gasteiger partial charge in [0, 0.05) is 41.4 Å². The fourth-order valence-corrected chi connectivity index (χ4v) is 7.78. The van der Waals surface area contributed by atoms with Crippen molar-refractivity contribution < 1.29 is 35.8 Å². The summed E-state index contributed by atoms with van der Waals surface area (Å²) in [5, 5.41) is 11.7. The summed E-state index contributed by atoms with van der Waals surface area (Å²) in [4.78, 5) is 10.1. The molecule has 0 fully saturated rings. The van der Waals surface area contributed by atoms with Gasteiger partial charge in [0.25, 0.3) is 0 Å². The summed E-state index contributed by atoms with van der Waals surface area (Å²) in [6, 6.07) is 33.2. The van der Waals surface area contributed by atoms with E-state index in [2.05, 4.69) is 37.5 Å². The molecule has 0 radical (unpaired) electrons. The molecular weight excluding hydrogens is 902 g/mol. The van der Waals surface area contributed by atoms with Gasteiger partial charge >= 0.3 is 0 Å². The van der Waals surface area contributed by atoms with Crippen molar-refractivity contribution in [2.75, 3.05) is 0 Å². The van der Waals surface area contributed by atoms with Gasteiger partial charge in [-0.25, -0.2) is 4.98 Å². The Morgan fingerprint density at radius 3 is 2.05 bits per heavy atom. The number of phenols is 1. The van der Waals surface area contributed by atoms with Gasteiger partial charge < -0.3 is 5.11 Å². The van der Waals surface area contributed by atoms with Crippen molar-refractivity contribution in [3.8, 4) is 67.5 Å². The van der Waals surface area contributed by atoms with Crippen LogP contribution in [0.5, 0.6) is 5.75 Å². The second kappa shape index (κ2) is 16.6. The first-order valence-corrected chi connectivity index (χ1v) is 19.6. The average Bonchev–Trinajstić information content (AvgIpc) is 3.65. The summed E-state index contributed by atoms with van der Waals surface area (Å²) >= 11 is 0. The van der Waals surface area contributed by atoms with Crippen LogP contribution in [0.25, 0.3) is 72.7 Å². The predicted molar refractivity (Wildman–Crippen MR) is 243 cm³/mol. The first kappa shape index (κ1) is 33.3. The maximum atomic E-state index is 11.7. The maximum absolute atomic E-state index is 11.7. The molecule has 0 atom stereocenters. The third-order valence-corrected chi connectivity index (χ3v) is 10.8. The molecule has 300 valence electrons. The van der Waals surface area contributed by atoms with Gasteiger partial charge in [-0.2, -0.15) is 0 Å². The minimum atomic E-state index is -0.912. The van der Waals surface area contributed by atoms with Crippen LogP contribution in [0, 0.1) is 19.9 Å². The topological polar surface area (TPSA) is 50.9 Å². The third kappa shape index (κ3) is 8.08. The zero-order valence-electron chi connectivity index (χ0n) is 41.9. The molecule has 0 aliphatic rings. The SMILES string of the molecule is [2H]c1c([2H])c([2H])c(-c2ccnc(-c3[c-]c(-c4cccc5c4nc(-c4cc(C)cc(C)c4O)n5-c4ccc(-c5c(C([2H])(C)C)cccc5C([2H])(C)C)cc4)cc(C(C)(C)C)c3)c2)c([2H])c1[2H].[Pt]. The van der Waals surface area contributed by atoms with E-state index in [-0.39, 0.29) is 49.9 Å². The van der Waals surface area contributed by atoms with E-state index >= 15 is 0 Å². The molecule has 0 spiro atoms. The molecule has 0 aliphatic carbocycles. The molecule has 8 rings (SSSR count). The van der Waals surface area contributed by atoms with Crippen LogP contribution in [0.2, 0.25) is 0 Å². The van der Waals surface area contributed by atoms with E-state index in [4.69, 9.17) is 19.6 Å². The Labute approximate surface area is 374 Å². The molecule has 8 aromatic rings. The first-order chi connectivity index (χ1) is 30.4. The molecule has 2 aromatic heterocycles. The second-order valence-electron chi connectivity index (χ2n) is 16.6. The van der Waals surface area contributed by atoms with Crippen molar-refractivity contribution in [2.45, 2.75) is 79.5 Å². The van der Waals surface area contributed by atoms with E-state index in [0.29, 0.717) is 33.7 Å². The Morgan fingerprint density at radius 2 is 1.39 bits per heavy atom. The number of rotatable bonds is 8. The number of pyridine rings is 1. The molecule has 0 aliphatic heterocycles. The fourth-order valence-electron chi connectivity index (χ4n) is 7.78. The Bertz CT molecular complexity index is 3130. The molecule has 0 saturated carbocycles. The quantitative estimate of drug-likeness (QED) is 0.154. The van der Waals surface area contributed by atoms with E-state index in [9.17, 15) is 5.11 Å². The normalized spacial score (nSPS) is 13.7. The summed E-state index contributed by atoms with van der Waals surface area (Å²) in [5.74, 6) is -1.15. The van der Waals surface area contributed by atoms with Gasteiger partial charge in [0.05, 0.1) is 23.5 Å². The number of aromatic hydroxyl groups is 1. The number of hydrogen-bond acceptors (Lipinski definition) is 3. The van der Waals surface area contributed by atoms with E-state index in [0.717, 1.165) is 61.3 Å². The number of hydrogen-bond donors (Lipinski definition) is 1. The van der Waals surface area contributed by atoms with Crippen molar-refractivity contribution in [1.29, 1.82) is 0 Å². The minimum absolute atomic E-state index is 0. The number of aromatic nitrogens is 3. The molecule has 4 nitrogen and oxygen atoms in total. The fraction of sp³-hybridized carbons (Fsp3) is 0.222. The van der Waals surface area contributed by atoms with Gasteiger partial charge in [-0.05, 0) is 106 Å². The molecule has 0 amide bonds. The van der Waals surface area contributed by atoms with Crippen LogP contribution < -0.4 is 0 Å². The number of aryl methyl sites for hydroxylation is 2. The molecule has 0 saturated heterocycles. The molecule has 59 heavy (non-hydrogen) atoms. The van der Waals surface area contributed by atoms with Crippen molar-refractivity contribution in [1.82, 2.24) is 14.5 Å². The number of benzene rings is 6. The second-order valence-corrected chi connectivity index (χ2v) is 16.6. The van der Waals surface area contributed by atoms with Crippen LogP contribution in [0.15, 0.2) is 133 Å². The summed E-state index contributed by atoms with van der Waals surface area (Å²) in [6.07, 6.45) is 1.58. The van der Waals surface area contributed by atoms with Gasteiger partial charge in [0.2, 0.25) is 0 Å². The summed E-state index contributed by atoms with van der Waals surface area (Å²) in [6.45, 7) is 17.7. The summed E-state index contributed by atoms with van der Waals surface area (Å²) in [5.41, 5.74) is 12.0. The Kier molecular flexibility index (Phi) is 9.36. The van der Waals surface area contributed by atoms with Gasteiger partial charge in [0.1, 0.15) is 11.6 Å². The number of imidazole rings is 1. The van der Waals surface area contributed by atoms with Crippen LogP contribution in [0.4, 0.5) is 0 Å². The Hall–Kier alpha value is -5.57. The Balaban J connectivity index is 0.00000648. The van der Waals surface area contributed by atoms with Crippen molar-refractivity contribution >= 4 is 11.0 Å². The molecule has 6 aromatic carbocycles. The smallest absolute Gasteiger partial charge is 0.148 e. The van der Waals surface area contributed by atoms with E-state index in [1.165, 1.54) is 0 Å². The largest absolute Gasteiger partial charge is 0.507 e. The van der Waals surface area contributed by atoms with E-state index in [1.54, 1.807) is 18.3 Å². The van der Waals surface area contributed by atoms with Gasteiger partial charge in [-0.3, -0.25) is 9.55 Å². The van der Waals surface area contributed by atoms with Crippen LogP contribution in [0.1, 0.15) is 97.7 Å². The standard InChI is InChI=1S/C54H52N3O.Pt/c1-33(2)44-17-13-18-45(34(3)4)50(44)38-21-23-43(24-22-38)57-49-20-14-19-46(51(49)56-53(57)47-28-35(5)27-36(6)52(47)58)40-29-41(31-42(30-40)54(7,8)9)48-32-39(25-26-55-48)37-15-11-10-12-16-37;/h10-28,30-34,58H,1-9H3;/q-1;/i10D,11D,12D,15D,16D,33D,34D;. The minimum Gasteiger partial charge on any atom is -0.507 e. The monoisotopic (exact) mass is 960 g/mol. The first-order valence-electron chi connectivity index (χ1n) is 23.1. The van der Waals surface area contributed by atoms with E-state index < -0.39 is 29.9 Å². The molecule has 0 unspecified atom stereocenters. The Morgan fingerprint density at radius 1 is 0.729 bits per heavy atom. The number of para-hydroxylation sites is 1. The van der Waals surface area contributed by atoms with Crippen LogP contribution >= 0.6 is 0 Å². The predicted octanol–water partition coefficient (Wildman–Crippen LogP) is 14.4. The number of phenolic OH excluding ortho intramolecular Hbond substituents is 1. The average molecular weight is 961 g/mol. The van der Waals surface area contributed by atoms with Crippen molar-refractivity contribution in [2.24, 2.45) is 0 Å². The zero-order chi connectivity index (χ0) is 47.1. The summed E-state index contributed by atoms with van der Waals surface area (Å²) < 4.78 is 62.1. The van der Waals surface area contributed by atoms with E-state index in [1.807, 2.05) is 120 Å². The zero-order valence-corrected chi connectivity index (χ0v) is 37.2. The molecule has 2 heterocycles. The molecule has 1 N–H and O–H groups in total. The van der Waals surface area contributed by atoms with Crippen LogP contribution in [-0.4, -0.2) is 19.6 Å². The molecular formula is C54H52N3OPt-. The van der Waals surface area contributed by atoms with Gasteiger partial charge in [-0.1, -0.05) is 144 Å². The summed E-state index contributed by atoms with van der Waals surface area (Å²) in [7, 11) is 0. The maximum Gasteiger partial charge on any atom is 0.148 e. The number of fused-ring (bicyclic) bond motifs is 1. The van der Waals surface area contributed by atoms with Crippen molar-refractivity contribution in [3.05, 3.63) is 167 Å². The third-order valence-electron chi connectivity index (χ3n) is 10.8. The van der Waals surface area contributed by atoms with Crippen molar-refractivity contribution in [3.63, 3.8) is 0 Å². The van der Waals surface area contributed by atoms with Gasteiger partial charge in [0.15, 0.2) is 0 Å².